The fourth-order valence-corrected chi connectivity index (χ4v) is 3.63. The van der Waals surface area contributed by atoms with Crippen molar-refractivity contribution in [3.8, 4) is 0 Å². The molecule has 3 saturated heterocycles. The summed E-state index contributed by atoms with van der Waals surface area (Å²) in [5.74, 6) is 1.53. The molecule has 2 atom stereocenters. The predicted molar refractivity (Wildman–Crippen MR) is 81.7 cm³/mol. The molecule has 1 N–H and O–H groups in total. The molecule has 3 aliphatic heterocycles. The number of nitrogens with one attached hydrogen (secondary N) is 1. The normalized spacial score (nSPS) is 25.7. The van der Waals surface area contributed by atoms with Crippen molar-refractivity contribution >= 4 is 16.7 Å². The standard InChI is InChI=1S/C15H19N5O/c1-9-17-13-6-16-14(5-12(13)15(21)18-9)20-8-10-3-4-11(20)7-19(10)2/h5-6,10-11H,3-4,7-8H2,1-2H3,(H,17,18,21)/t10-,11?/m1/s1. The Morgan fingerprint density at radius 2 is 2.10 bits per heavy atom. The molecule has 2 aromatic rings. The first-order valence-corrected chi connectivity index (χ1v) is 7.45. The number of likely N-dealkylation sites (N-methyl/N-ethyl adjacent to an activating group) is 1. The Morgan fingerprint density at radius 1 is 1.29 bits per heavy atom. The third-order valence-corrected chi connectivity index (χ3v) is 4.79. The number of rotatable bonds is 1. The average Bonchev–Trinajstić information content (AvgIpc) is 2.47. The number of pyridine rings is 1. The highest BCUT2D eigenvalue weighted by Crippen LogP contribution is 2.31. The van der Waals surface area contributed by atoms with Crippen molar-refractivity contribution in [1.82, 2.24) is 19.9 Å². The van der Waals surface area contributed by atoms with E-state index < -0.39 is 0 Å². The zero-order valence-corrected chi connectivity index (χ0v) is 12.3. The Kier molecular flexibility index (Phi) is 2.75. The molecule has 6 heteroatoms. The van der Waals surface area contributed by atoms with E-state index in [1.165, 1.54) is 12.8 Å². The Morgan fingerprint density at radius 3 is 2.81 bits per heavy atom. The number of aromatic amines is 1. The van der Waals surface area contributed by atoms with Crippen LogP contribution < -0.4 is 10.5 Å². The largest absolute Gasteiger partial charge is 0.351 e. The van der Waals surface area contributed by atoms with Crippen molar-refractivity contribution in [2.75, 3.05) is 25.0 Å². The van der Waals surface area contributed by atoms with Crippen molar-refractivity contribution in [3.05, 3.63) is 28.4 Å². The van der Waals surface area contributed by atoms with E-state index in [9.17, 15) is 4.79 Å². The van der Waals surface area contributed by atoms with Gasteiger partial charge in [0.25, 0.3) is 5.56 Å². The van der Waals surface area contributed by atoms with E-state index in [1.54, 1.807) is 13.1 Å². The van der Waals surface area contributed by atoms with Gasteiger partial charge in [-0.25, -0.2) is 9.97 Å². The number of aromatic nitrogens is 3. The minimum Gasteiger partial charge on any atom is -0.351 e. The van der Waals surface area contributed by atoms with Crippen molar-refractivity contribution in [2.45, 2.75) is 31.8 Å². The van der Waals surface area contributed by atoms with Crippen LogP contribution in [0.15, 0.2) is 17.1 Å². The quantitative estimate of drug-likeness (QED) is 0.843. The van der Waals surface area contributed by atoms with E-state index in [0.29, 0.717) is 28.8 Å². The van der Waals surface area contributed by atoms with Crippen LogP contribution in [0.5, 0.6) is 0 Å². The third kappa shape index (κ3) is 2.01. The molecular formula is C15H19N5O. The Bertz CT molecular complexity index is 755. The van der Waals surface area contributed by atoms with Crippen LogP contribution in [-0.2, 0) is 0 Å². The Hall–Kier alpha value is -1.95. The summed E-state index contributed by atoms with van der Waals surface area (Å²) in [6, 6.07) is 2.99. The van der Waals surface area contributed by atoms with Gasteiger partial charge in [0.15, 0.2) is 0 Å². The van der Waals surface area contributed by atoms with Crippen molar-refractivity contribution in [2.24, 2.45) is 0 Å². The topological polar surface area (TPSA) is 65.1 Å². The van der Waals surface area contributed by atoms with Gasteiger partial charge in [0, 0.05) is 25.2 Å². The van der Waals surface area contributed by atoms with E-state index in [1.807, 2.05) is 6.07 Å². The summed E-state index contributed by atoms with van der Waals surface area (Å²) in [4.78, 5) is 28.5. The summed E-state index contributed by atoms with van der Waals surface area (Å²) >= 11 is 0. The molecule has 5 heterocycles. The Balaban J connectivity index is 1.76. The van der Waals surface area contributed by atoms with Gasteiger partial charge in [-0.1, -0.05) is 0 Å². The summed E-state index contributed by atoms with van der Waals surface area (Å²) in [6.45, 7) is 3.86. The van der Waals surface area contributed by atoms with Gasteiger partial charge in [0.05, 0.1) is 17.1 Å². The highest BCUT2D eigenvalue weighted by atomic mass is 16.1. The van der Waals surface area contributed by atoms with Crippen LogP contribution in [0, 0.1) is 6.92 Å². The van der Waals surface area contributed by atoms with Gasteiger partial charge in [-0.2, -0.15) is 0 Å². The molecule has 2 bridgehead atoms. The molecular weight excluding hydrogens is 266 g/mol. The van der Waals surface area contributed by atoms with E-state index in [2.05, 4.69) is 31.8 Å². The summed E-state index contributed by atoms with van der Waals surface area (Å²) in [5.41, 5.74) is 0.583. The zero-order chi connectivity index (χ0) is 14.6. The lowest BCUT2D eigenvalue weighted by atomic mass is 9.91. The summed E-state index contributed by atoms with van der Waals surface area (Å²) in [7, 11) is 2.19. The van der Waals surface area contributed by atoms with E-state index >= 15 is 0 Å². The minimum absolute atomic E-state index is 0.0829. The first kappa shape index (κ1) is 12.8. The van der Waals surface area contributed by atoms with Crippen molar-refractivity contribution in [1.29, 1.82) is 0 Å². The van der Waals surface area contributed by atoms with Crippen LogP contribution in [0.2, 0.25) is 0 Å². The molecule has 5 rings (SSSR count). The van der Waals surface area contributed by atoms with Gasteiger partial charge in [-0.05, 0) is 32.9 Å². The monoisotopic (exact) mass is 285 g/mol. The number of nitrogens with zero attached hydrogens (tertiary/aromatic N) is 4. The lowest BCUT2D eigenvalue weighted by Gasteiger charge is -2.50. The predicted octanol–water partition coefficient (Wildman–Crippen LogP) is 0.909. The highest BCUT2D eigenvalue weighted by molar-refractivity contribution is 5.79. The first-order chi connectivity index (χ1) is 10.1. The fourth-order valence-electron chi connectivity index (χ4n) is 3.63. The van der Waals surface area contributed by atoms with Crippen LogP contribution in [0.25, 0.3) is 10.9 Å². The number of hydrogen-bond acceptors (Lipinski definition) is 5. The van der Waals surface area contributed by atoms with Crippen LogP contribution in [-0.4, -0.2) is 52.1 Å². The highest BCUT2D eigenvalue weighted by Gasteiger charge is 2.37. The SMILES string of the molecule is Cc1nc2cnc(N3C[C@H]4CCC3CN4C)cc2c(=O)[nH]1. The zero-order valence-electron chi connectivity index (χ0n) is 12.3. The maximum absolute atomic E-state index is 12.1. The van der Waals surface area contributed by atoms with E-state index in [4.69, 9.17) is 0 Å². The van der Waals surface area contributed by atoms with Crippen molar-refractivity contribution < 1.29 is 0 Å². The molecule has 0 amide bonds. The second kappa shape index (κ2) is 4.53. The molecule has 0 spiro atoms. The number of anilines is 1. The first-order valence-electron chi connectivity index (χ1n) is 7.45. The van der Waals surface area contributed by atoms with Crippen LogP contribution in [0.1, 0.15) is 18.7 Å². The molecule has 3 aliphatic rings. The van der Waals surface area contributed by atoms with E-state index in [0.717, 1.165) is 18.9 Å². The summed E-state index contributed by atoms with van der Waals surface area (Å²) in [6.07, 6.45) is 4.18. The lowest BCUT2D eigenvalue weighted by molar-refractivity contribution is 0.124. The Labute approximate surface area is 122 Å². The molecule has 3 fully saturated rings. The molecule has 21 heavy (non-hydrogen) atoms. The third-order valence-electron chi connectivity index (χ3n) is 4.79. The lowest BCUT2D eigenvalue weighted by Crippen LogP contribution is -2.61. The molecule has 0 aromatic carbocycles. The average molecular weight is 285 g/mol. The summed E-state index contributed by atoms with van der Waals surface area (Å²) < 4.78 is 0. The van der Waals surface area contributed by atoms with E-state index in [-0.39, 0.29) is 5.56 Å². The van der Waals surface area contributed by atoms with Crippen LogP contribution in [0.4, 0.5) is 5.82 Å². The number of aryl methyl sites for hydroxylation is 1. The van der Waals surface area contributed by atoms with Gasteiger partial charge < -0.3 is 9.88 Å². The molecule has 2 aromatic heterocycles. The maximum atomic E-state index is 12.1. The number of piperazine rings is 1. The van der Waals surface area contributed by atoms with Gasteiger partial charge in [0.1, 0.15) is 11.6 Å². The van der Waals surface area contributed by atoms with Gasteiger partial charge in [-0.3, -0.25) is 9.69 Å². The number of hydrogen-bond donors (Lipinski definition) is 1. The van der Waals surface area contributed by atoms with Crippen LogP contribution >= 0.6 is 0 Å². The summed E-state index contributed by atoms with van der Waals surface area (Å²) in [5, 5.41) is 0.625. The molecule has 0 radical (unpaired) electrons. The molecule has 6 nitrogen and oxygen atoms in total. The second-order valence-electron chi connectivity index (χ2n) is 6.19. The maximum Gasteiger partial charge on any atom is 0.258 e. The molecule has 110 valence electrons. The molecule has 1 unspecified atom stereocenters. The number of piperidine rings is 2. The number of H-pyrrole nitrogens is 1. The minimum atomic E-state index is -0.0829. The van der Waals surface area contributed by atoms with Gasteiger partial charge in [0.2, 0.25) is 0 Å². The molecule has 0 saturated carbocycles. The van der Waals surface area contributed by atoms with Gasteiger partial charge >= 0.3 is 0 Å². The molecule has 0 aliphatic carbocycles. The van der Waals surface area contributed by atoms with Crippen LogP contribution in [0.3, 0.4) is 0 Å². The smallest absolute Gasteiger partial charge is 0.258 e. The fraction of sp³-hybridized carbons (Fsp3) is 0.533. The second-order valence-corrected chi connectivity index (χ2v) is 6.19. The van der Waals surface area contributed by atoms with Gasteiger partial charge in [-0.15, -0.1) is 0 Å². The van der Waals surface area contributed by atoms with Crippen molar-refractivity contribution in [3.63, 3.8) is 0 Å². The number of fused-ring (bicyclic) bond motifs is 4.